The van der Waals surface area contributed by atoms with Crippen LogP contribution in [0.2, 0.25) is 0 Å². The standard InChI is InChI=1S/C13H12F2O2/c1-13(16,8-12-3-2-4-17-12)9-5-10(14)7-11(15)6-9/h2-7,16H,8H2,1H3. The van der Waals surface area contributed by atoms with Crippen LogP contribution in [0.15, 0.2) is 41.0 Å². The molecule has 0 amide bonds. The number of benzene rings is 1. The van der Waals surface area contributed by atoms with Crippen LogP contribution in [0.4, 0.5) is 8.78 Å². The van der Waals surface area contributed by atoms with Gasteiger partial charge in [-0.3, -0.25) is 0 Å². The molecule has 1 N–H and O–H groups in total. The minimum Gasteiger partial charge on any atom is -0.469 e. The zero-order chi connectivity index (χ0) is 12.5. The summed E-state index contributed by atoms with van der Waals surface area (Å²) in [5.74, 6) is -0.862. The van der Waals surface area contributed by atoms with Crippen LogP contribution < -0.4 is 0 Å². The fourth-order valence-corrected chi connectivity index (χ4v) is 1.72. The van der Waals surface area contributed by atoms with Gasteiger partial charge in [-0.1, -0.05) is 0 Å². The number of halogens is 2. The summed E-state index contributed by atoms with van der Waals surface area (Å²) in [7, 11) is 0. The largest absolute Gasteiger partial charge is 0.469 e. The van der Waals surface area contributed by atoms with Gasteiger partial charge in [0.15, 0.2) is 0 Å². The third kappa shape index (κ3) is 2.71. The van der Waals surface area contributed by atoms with Gasteiger partial charge in [0.05, 0.1) is 11.9 Å². The lowest BCUT2D eigenvalue weighted by atomic mass is 9.91. The van der Waals surface area contributed by atoms with E-state index in [1.54, 1.807) is 12.1 Å². The summed E-state index contributed by atoms with van der Waals surface area (Å²) < 4.78 is 31.2. The van der Waals surface area contributed by atoms with E-state index in [-0.39, 0.29) is 12.0 Å². The molecule has 0 aliphatic carbocycles. The maximum absolute atomic E-state index is 13.1. The van der Waals surface area contributed by atoms with Crippen LogP contribution in [0.5, 0.6) is 0 Å². The van der Waals surface area contributed by atoms with Crippen LogP contribution in [-0.4, -0.2) is 5.11 Å². The van der Waals surface area contributed by atoms with E-state index in [9.17, 15) is 13.9 Å². The van der Waals surface area contributed by atoms with Gasteiger partial charge in [0.1, 0.15) is 17.4 Å². The van der Waals surface area contributed by atoms with Crippen LogP contribution in [0.3, 0.4) is 0 Å². The van der Waals surface area contributed by atoms with Crippen molar-refractivity contribution in [2.75, 3.05) is 0 Å². The van der Waals surface area contributed by atoms with Gasteiger partial charge in [0.2, 0.25) is 0 Å². The lowest BCUT2D eigenvalue weighted by Crippen LogP contribution is -2.24. The Morgan fingerprint density at radius 2 is 1.88 bits per heavy atom. The second-order valence-corrected chi connectivity index (χ2v) is 4.19. The van der Waals surface area contributed by atoms with Gasteiger partial charge in [-0.2, -0.15) is 0 Å². The average Bonchev–Trinajstić information content (AvgIpc) is 2.68. The third-order valence-corrected chi connectivity index (χ3v) is 2.58. The maximum Gasteiger partial charge on any atom is 0.126 e. The summed E-state index contributed by atoms with van der Waals surface area (Å²) in [4.78, 5) is 0. The molecule has 2 aromatic rings. The van der Waals surface area contributed by atoms with E-state index in [0.717, 1.165) is 18.2 Å². The van der Waals surface area contributed by atoms with Crippen LogP contribution in [0.25, 0.3) is 0 Å². The van der Waals surface area contributed by atoms with Crippen molar-refractivity contribution in [2.24, 2.45) is 0 Å². The van der Waals surface area contributed by atoms with Crippen LogP contribution in [-0.2, 0) is 12.0 Å². The smallest absolute Gasteiger partial charge is 0.126 e. The van der Waals surface area contributed by atoms with Crippen molar-refractivity contribution in [1.29, 1.82) is 0 Å². The highest BCUT2D eigenvalue weighted by molar-refractivity contribution is 5.25. The molecule has 0 saturated carbocycles. The molecule has 1 aromatic heterocycles. The van der Waals surface area contributed by atoms with Gasteiger partial charge in [-0.15, -0.1) is 0 Å². The molecule has 0 saturated heterocycles. The highest BCUT2D eigenvalue weighted by atomic mass is 19.1. The van der Waals surface area contributed by atoms with Crippen LogP contribution >= 0.6 is 0 Å². The van der Waals surface area contributed by atoms with E-state index in [0.29, 0.717) is 5.76 Å². The van der Waals surface area contributed by atoms with Crippen molar-refractivity contribution >= 4 is 0 Å². The topological polar surface area (TPSA) is 33.4 Å². The first-order valence-corrected chi connectivity index (χ1v) is 5.19. The van der Waals surface area contributed by atoms with Crippen LogP contribution in [0.1, 0.15) is 18.2 Å². The van der Waals surface area contributed by atoms with Gasteiger partial charge in [0, 0.05) is 12.5 Å². The Morgan fingerprint density at radius 3 is 2.41 bits per heavy atom. The molecule has 2 nitrogen and oxygen atoms in total. The molecule has 1 atom stereocenters. The Kier molecular flexibility index (Phi) is 2.98. The molecule has 0 bridgehead atoms. The highest BCUT2D eigenvalue weighted by Gasteiger charge is 2.26. The Morgan fingerprint density at radius 1 is 1.24 bits per heavy atom. The molecule has 0 aliphatic heterocycles. The van der Waals surface area contributed by atoms with E-state index >= 15 is 0 Å². The van der Waals surface area contributed by atoms with Gasteiger partial charge in [-0.25, -0.2) is 8.78 Å². The second-order valence-electron chi connectivity index (χ2n) is 4.19. The average molecular weight is 238 g/mol. The number of hydrogen-bond acceptors (Lipinski definition) is 2. The third-order valence-electron chi connectivity index (χ3n) is 2.58. The summed E-state index contributed by atoms with van der Waals surface area (Å²) in [5, 5.41) is 10.2. The number of hydrogen-bond donors (Lipinski definition) is 1. The van der Waals surface area contributed by atoms with Crippen LogP contribution in [0, 0.1) is 11.6 Å². The first-order valence-electron chi connectivity index (χ1n) is 5.19. The summed E-state index contributed by atoms with van der Waals surface area (Å²) in [6.45, 7) is 1.49. The number of rotatable bonds is 3. The van der Waals surface area contributed by atoms with Gasteiger partial charge >= 0.3 is 0 Å². The summed E-state index contributed by atoms with van der Waals surface area (Å²) >= 11 is 0. The molecule has 17 heavy (non-hydrogen) atoms. The molecule has 0 spiro atoms. The number of furan rings is 1. The fourth-order valence-electron chi connectivity index (χ4n) is 1.72. The molecule has 4 heteroatoms. The monoisotopic (exact) mass is 238 g/mol. The molecule has 0 aliphatic rings. The normalized spacial score (nSPS) is 14.6. The Labute approximate surface area is 97.5 Å². The van der Waals surface area contributed by atoms with Crippen molar-refractivity contribution in [2.45, 2.75) is 18.9 Å². The molecular formula is C13H12F2O2. The van der Waals surface area contributed by atoms with Gasteiger partial charge in [-0.05, 0) is 36.8 Å². The van der Waals surface area contributed by atoms with Gasteiger partial charge in [0.25, 0.3) is 0 Å². The van der Waals surface area contributed by atoms with Crippen molar-refractivity contribution < 1.29 is 18.3 Å². The SMILES string of the molecule is CC(O)(Cc1ccco1)c1cc(F)cc(F)c1. The van der Waals surface area contributed by atoms with E-state index in [1.807, 2.05) is 0 Å². The fraction of sp³-hybridized carbons (Fsp3) is 0.231. The van der Waals surface area contributed by atoms with Crippen molar-refractivity contribution in [3.63, 3.8) is 0 Å². The van der Waals surface area contributed by atoms with Crippen molar-refractivity contribution in [1.82, 2.24) is 0 Å². The molecule has 2 rings (SSSR count). The minimum absolute atomic E-state index is 0.156. The van der Waals surface area contributed by atoms with E-state index in [4.69, 9.17) is 4.42 Å². The predicted octanol–water partition coefficient (Wildman–Crippen LogP) is 3.01. The summed E-state index contributed by atoms with van der Waals surface area (Å²) in [5.41, 5.74) is -1.19. The van der Waals surface area contributed by atoms with E-state index < -0.39 is 17.2 Å². The zero-order valence-electron chi connectivity index (χ0n) is 9.28. The van der Waals surface area contributed by atoms with Crippen molar-refractivity contribution in [3.05, 3.63) is 59.6 Å². The van der Waals surface area contributed by atoms with Gasteiger partial charge < -0.3 is 9.52 Å². The quantitative estimate of drug-likeness (QED) is 0.891. The molecular weight excluding hydrogens is 226 g/mol. The van der Waals surface area contributed by atoms with Crippen molar-refractivity contribution in [3.8, 4) is 0 Å². The molecule has 1 aromatic carbocycles. The number of aliphatic hydroxyl groups is 1. The molecule has 90 valence electrons. The van der Waals surface area contributed by atoms with E-state index in [1.165, 1.54) is 13.2 Å². The Hall–Kier alpha value is -1.68. The molecule has 1 heterocycles. The Bertz CT molecular complexity index is 484. The lowest BCUT2D eigenvalue weighted by Gasteiger charge is -2.22. The zero-order valence-corrected chi connectivity index (χ0v) is 9.28. The summed E-state index contributed by atoms with van der Waals surface area (Å²) in [6, 6.07) is 6.40. The summed E-state index contributed by atoms with van der Waals surface area (Å²) in [6.07, 6.45) is 1.64. The maximum atomic E-state index is 13.1. The minimum atomic E-state index is -1.37. The highest BCUT2D eigenvalue weighted by Crippen LogP contribution is 2.26. The predicted molar refractivity (Wildman–Crippen MR) is 58.3 cm³/mol. The Balaban J connectivity index is 2.30. The molecule has 0 fully saturated rings. The van der Waals surface area contributed by atoms with E-state index in [2.05, 4.69) is 0 Å². The second kappa shape index (κ2) is 4.30. The first kappa shape index (κ1) is 11.8. The molecule has 0 radical (unpaired) electrons. The lowest BCUT2D eigenvalue weighted by molar-refractivity contribution is 0.0514. The first-order chi connectivity index (χ1) is 7.97. The molecule has 1 unspecified atom stereocenters.